The normalized spacial score (nSPS) is 11.3. The van der Waals surface area contributed by atoms with E-state index in [0.29, 0.717) is 27.9 Å². The molecule has 0 unspecified atom stereocenters. The van der Waals surface area contributed by atoms with Crippen molar-refractivity contribution in [1.29, 1.82) is 5.26 Å². The van der Waals surface area contributed by atoms with E-state index < -0.39 is 18.0 Å². The first-order chi connectivity index (χ1) is 14.4. The van der Waals surface area contributed by atoms with Gasteiger partial charge in [-0.15, -0.1) is 0 Å². The Kier molecular flexibility index (Phi) is 6.29. The fourth-order valence-corrected chi connectivity index (χ4v) is 3.09. The van der Waals surface area contributed by atoms with Crippen molar-refractivity contribution in [1.82, 2.24) is 0 Å². The average molecular weight is 398 g/mol. The molecule has 5 nitrogen and oxygen atoms in total. The van der Waals surface area contributed by atoms with Crippen molar-refractivity contribution in [2.45, 2.75) is 26.9 Å². The Morgan fingerprint density at radius 2 is 1.63 bits per heavy atom. The van der Waals surface area contributed by atoms with E-state index in [2.05, 4.69) is 11.4 Å². The minimum absolute atomic E-state index is 0.298. The van der Waals surface area contributed by atoms with Gasteiger partial charge < -0.3 is 10.1 Å². The monoisotopic (exact) mass is 398 g/mol. The highest BCUT2D eigenvalue weighted by molar-refractivity contribution is 6.01. The molecule has 0 bridgehead atoms. The molecule has 0 radical (unpaired) electrons. The predicted octanol–water partition coefficient (Wildman–Crippen LogP) is 5.03. The molecule has 3 aromatic carbocycles. The highest BCUT2D eigenvalue weighted by Gasteiger charge is 2.22. The number of rotatable bonds is 5. The molecule has 1 amide bonds. The maximum Gasteiger partial charge on any atom is 0.339 e. The molecule has 0 saturated carbocycles. The van der Waals surface area contributed by atoms with Crippen molar-refractivity contribution in [3.63, 3.8) is 0 Å². The van der Waals surface area contributed by atoms with E-state index in [1.807, 2.05) is 32.0 Å². The predicted molar refractivity (Wildman–Crippen MR) is 116 cm³/mol. The van der Waals surface area contributed by atoms with E-state index in [0.717, 1.165) is 11.1 Å². The molecule has 0 saturated heterocycles. The molecule has 5 heteroatoms. The van der Waals surface area contributed by atoms with E-state index >= 15 is 0 Å². The van der Waals surface area contributed by atoms with Gasteiger partial charge >= 0.3 is 5.97 Å². The second-order valence-corrected chi connectivity index (χ2v) is 7.06. The van der Waals surface area contributed by atoms with E-state index in [1.54, 1.807) is 48.5 Å². The number of nitriles is 1. The molecule has 0 aliphatic rings. The van der Waals surface area contributed by atoms with Crippen LogP contribution in [0.15, 0.2) is 66.7 Å². The van der Waals surface area contributed by atoms with E-state index in [9.17, 15) is 14.9 Å². The summed E-state index contributed by atoms with van der Waals surface area (Å²) >= 11 is 0. The number of hydrogen-bond donors (Lipinski definition) is 1. The number of carbonyl (C=O) groups is 2. The Labute approximate surface area is 175 Å². The molecule has 1 atom stereocenters. The summed E-state index contributed by atoms with van der Waals surface area (Å²) in [4.78, 5) is 25.4. The number of aryl methyl sites for hydroxylation is 2. The first-order valence-corrected chi connectivity index (χ1v) is 9.58. The summed E-state index contributed by atoms with van der Waals surface area (Å²) in [6, 6.07) is 21.8. The summed E-state index contributed by atoms with van der Waals surface area (Å²) in [5.74, 6) is -1.03. The third-order valence-electron chi connectivity index (χ3n) is 4.79. The summed E-state index contributed by atoms with van der Waals surface area (Å²) in [5, 5.41) is 12.2. The Morgan fingerprint density at radius 1 is 0.967 bits per heavy atom. The molecule has 0 spiro atoms. The highest BCUT2D eigenvalue weighted by Crippen LogP contribution is 2.27. The van der Waals surface area contributed by atoms with Crippen LogP contribution < -0.4 is 5.32 Å². The molecule has 3 aromatic rings. The number of nitrogens with one attached hydrogen (secondary N) is 1. The highest BCUT2D eigenvalue weighted by atomic mass is 16.5. The van der Waals surface area contributed by atoms with Crippen molar-refractivity contribution in [3.8, 4) is 17.2 Å². The van der Waals surface area contributed by atoms with Crippen molar-refractivity contribution >= 4 is 17.6 Å². The fraction of sp³-hybridized carbons (Fsp3) is 0.160. The van der Waals surface area contributed by atoms with Crippen LogP contribution in [0.5, 0.6) is 0 Å². The Balaban J connectivity index is 1.80. The van der Waals surface area contributed by atoms with Gasteiger partial charge in [0.25, 0.3) is 5.91 Å². The van der Waals surface area contributed by atoms with Crippen molar-refractivity contribution in [2.24, 2.45) is 0 Å². The standard InChI is InChI=1S/C25H22N2O3/c1-16-12-13-17(2)23(14-16)27-24(28)18(3)30-25(29)22-11-7-6-10-21(22)20-9-5-4-8-19(20)15-26/h4-14,18H,1-3H3,(H,27,28)/t18-/m1/s1. The summed E-state index contributed by atoms with van der Waals surface area (Å²) in [5.41, 5.74) is 4.61. The molecular weight excluding hydrogens is 376 g/mol. The maximum absolute atomic E-state index is 12.8. The zero-order valence-corrected chi connectivity index (χ0v) is 17.1. The molecule has 0 heterocycles. The van der Waals surface area contributed by atoms with Gasteiger partial charge in [0.05, 0.1) is 17.2 Å². The lowest BCUT2D eigenvalue weighted by Crippen LogP contribution is -2.30. The van der Waals surface area contributed by atoms with Gasteiger partial charge in [-0.2, -0.15) is 5.26 Å². The van der Waals surface area contributed by atoms with Crippen LogP contribution in [0, 0.1) is 25.2 Å². The largest absolute Gasteiger partial charge is 0.449 e. The number of esters is 1. The number of anilines is 1. The second-order valence-electron chi connectivity index (χ2n) is 7.06. The van der Waals surface area contributed by atoms with Crippen LogP contribution in [0.25, 0.3) is 11.1 Å². The number of benzene rings is 3. The smallest absolute Gasteiger partial charge is 0.339 e. The molecule has 0 fully saturated rings. The lowest BCUT2D eigenvalue weighted by atomic mass is 9.96. The van der Waals surface area contributed by atoms with Crippen molar-refractivity contribution in [3.05, 3.63) is 89.0 Å². The fourth-order valence-electron chi connectivity index (χ4n) is 3.09. The Morgan fingerprint density at radius 3 is 2.37 bits per heavy atom. The summed E-state index contributed by atoms with van der Waals surface area (Å²) in [7, 11) is 0. The van der Waals surface area contributed by atoms with Gasteiger partial charge in [0.1, 0.15) is 0 Å². The van der Waals surface area contributed by atoms with Crippen molar-refractivity contribution in [2.75, 3.05) is 5.32 Å². The van der Waals surface area contributed by atoms with Crippen LogP contribution in [0.3, 0.4) is 0 Å². The van der Waals surface area contributed by atoms with Gasteiger partial charge in [-0.1, -0.05) is 48.5 Å². The van der Waals surface area contributed by atoms with Crippen LogP contribution >= 0.6 is 0 Å². The number of ether oxygens (including phenoxy) is 1. The third-order valence-corrected chi connectivity index (χ3v) is 4.79. The minimum atomic E-state index is -0.989. The van der Waals surface area contributed by atoms with E-state index in [-0.39, 0.29) is 0 Å². The quantitative estimate of drug-likeness (QED) is 0.612. The van der Waals surface area contributed by atoms with Crippen LogP contribution in [0.1, 0.15) is 34.0 Å². The zero-order chi connectivity index (χ0) is 21.7. The van der Waals surface area contributed by atoms with Crippen molar-refractivity contribution < 1.29 is 14.3 Å². The molecular formula is C25H22N2O3. The Hall–Kier alpha value is -3.91. The molecule has 30 heavy (non-hydrogen) atoms. The molecule has 150 valence electrons. The first-order valence-electron chi connectivity index (χ1n) is 9.58. The third kappa shape index (κ3) is 4.56. The van der Waals surface area contributed by atoms with Crippen LogP contribution in [0.2, 0.25) is 0 Å². The Bertz CT molecular complexity index is 1150. The van der Waals surface area contributed by atoms with Gasteiger partial charge in [0.15, 0.2) is 6.10 Å². The minimum Gasteiger partial charge on any atom is -0.449 e. The number of carbonyl (C=O) groups excluding carboxylic acids is 2. The van der Waals surface area contributed by atoms with Gasteiger partial charge in [0, 0.05) is 11.3 Å². The van der Waals surface area contributed by atoms with Crippen LogP contribution in [-0.4, -0.2) is 18.0 Å². The topological polar surface area (TPSA) is 79.2 Å². The van der Waals surface area contributed by atoms with Gasteiger partial charge in [0.2, 0.25) is 0 Å². The molecule has 0 aliphatic carbocycles. The lowest BCUT2D eigenvalue weighted by Gasteiger charge is -2.16. The number of hydrogen-bond acceptors (Lipinski definition) is 4. The number of nitrogens with zero attached hydrogens (tertiary/aromatic N) is 1. The van der Waals surface area contributed by atoms with Crippen LogP contribution in [-0.2, 0) is 9.53 Å². The summed E-state index contributed by atoms with van der Waals surface area (Å²) in [6.07, 6.45) is -0.989. The summed E-state index contributed by atoms with van der Waals surface area (Å²) < 4.78 is 5.44. The summed E-state index contributed by atoms with van der Waals surface area (Å²) in [6.45, 7) is 5.37. The number of amides is 1. The SMILES string of the molecule is Cc1ccc(C)c(NC(=O)[C@@H](C)OC(=O)c2ccccc2-c2ccccc2C#N)c1. The molecule has 0 aromatic heterocycles. The van der Waals surface area contributed by atoms with Gasteiger partial charge in [-0.05, 0) is 55.7 Å². The lowest BCUT2D eigenvalue weighted by molar-refractivity contribution is -0.123. The molecule has 3 rings (SSSR count). The van der Waals surface area contributed by atoms with E-state index in [1.165, 1.54) is 6.92 Å². The van der Waals surface area contributed by atoms with Crippen LogP contribution in [0.4, 0.5) is 5.69 Å². The second kappa shape index (κ2) is 9.06. The van der Waals surface area contributed by atoms with Gasteiger partial charge in [-0.3, -0.25) is 4.79 Å². The zero-order valence-electron chi connectivity index (χ0n) is 17.1. The molecule has 0 aliphatic heterocycles. The average Bonchev–Trinajstić information content (AvgIpc) is 2.76. The molecule has 1 N–H and O–H groups in total. The maximum atomic E-state index is 12.8. The first kappa shape index (κ1) is 20.8. The van der Waals surface area contributed by atoms with Gasteiger partial charge in [-0.25, -0.2) is 4.79 Å². The van der Waals surface area contributed by atoms with E-state index in [4.69, 9.17) is 4.74 Å².